The molecule has 2 saturated heterocycles. The fourth-order valence-electron chi connectivity index (χ4n) is 5.60. The van der Waals surface area contributed by atoms with Gasteiger partial charge >= 0.3 is 12.0 Å². The molecule has 2 atom stereocenters. The van der Waals surface area contributed by atoms with Crippen LogP contribution >= 0.6 is 0 Å². The zero-order valence-electron chi connectivity index (χ0n) is 23.1. The molecule has 0 radical (unpaired) electrons. The number of nitrogens with zero attached hydrogens (tertiary/aromatic N) is 6. The first-order valence-electron chi connectivity index (χ1n) is 13.7. The van der Waals surface area contributed by atoms with Gasteiger partial charge in [0.25, 0.3) is 5.91 Å². The van der Waals surface area contributed by atoms with Crippen LogP contribution < -0.4 is 25.6 Å². The predicted molar refractivity (Wildman–Crippen MR) is 153 cm³/mol. The highest BCUT2D eigenvalue weighted by atomic mass is 19.1. The number of carbonyl (C=O) groups is 2. The molecule has 2 aliphatic heterocycles. The number of urea groups is 1. The van der Waals surface area contributed by atoms with Crippen LogP contribution in [0.3, 0.4) is 0 Å². The van der Waals surface area contributed by atoms with Crippen LogP contribution in [-0.2, 0) is 7.05 Å². The fourth-order valence-corrected chi connectivity index (χ4v) is 5.60. The van der Waals surface area contributed by atoms with Crippen molar-refractivity contribution in [2.24, 2.45) is 7.05 Å². The number of hydrogen-bond donors (Lipinski definition) is 3. The van der Waals surface area contributed by atoms with Gasteiger partial charge in [-0.2, -0.15) is 10.1 Å². The summed E-state index contributed by atoms with van der Waals surface area (Å²) < 4.78 is 22.0. The van der Waals surface area contributed by atoms with E-state index >= 15 is 0 Å². The van der Waals surface area contributed by atoms with Gasteiger partial charge in [-0.1, -0.05) is 0 Å². The standard InChI is InChI=1S/C28H32FN9O3/c1-16-13-38(14-17(2)32-16)23-5-4-20(26(39)33-19-10-18-15-36(3)35-24(18)22(29)11-19)25-21(23)12-31-27(34-25)41-9-8-37-7-6-30-28(37)40/h4-5,10-12,15-17,32H,6-9,13-14H2,1-3H3,(H,30,40)(H,33,39)/t16-,17-/m0/s1. The summed E-state index contributed by atoms with van der Waals surface area (Å²) in [6.45, 7) is 7.64. The molecule has 4 heterocycles. The van der Waals surface area contributed by atoms with Gasteiger partial charge in [-0.05, 0) is 38.1 Å². The number of nitrogens with one attached hydrogen (secondary N) is 3. The van der Waals surface area contributed by atoms with E-state index in [9.17, 15) is 14.0 Å². The van der Waals surface area contributed by atoms with Gasteiger partial charge in [0.1, 0.15) is 12.1 Å². The Hall–Kier alpha value is -4.52. The molecule has 0 bridgehead atoms. The van der Waals surface area contributed by atoms with Crippen molar-refractivity contribution in [2.75, 3.05) is 49.5 Å². The van der Waals surface area contributed by atoms with Crippen LogP contribution in [0.15, 0.2) is 36.7 Å². The summed E-state index contributed by atoms with van der Waals surface area (Å²) in [5.41, 5.74) is 2.19. The van der Waals surface area contributed by atoms with Crippen LogP contribution in [0.1, 0.15) is 24.2 Å². The Bertz CT molecular complexity index is 1630. The van der Waals surface area contributed by atoms with Crippen LogP contribution in [0, 0.1) is 5.82 Å². The van der Waals surface area contributed by atoms with Gasteiger partial charge in [0.15, 0.2) is 5.82 Å². The highest BCUT2D eigenvalue weighted by Gasteiger charge is 2.25. The van der Waals surface area contributed by atoms with Crippen LogP contribution in [0.25, 0.3) is 21.8 Å². The Labute approximate surface area is 235 Å². The molecule has 3 N–H and O–H groups in total. The number of aryl methyl sites for hydroxylation is 1. The van der Waals surface area contributed by atoms with Crippen molar-refractivity contribution in [3.8, 4) is 6.01 Å². The van der Waals surface area contributed by atoms with Crippen molar-refractivity contribution in [3.05, 3.63) is 48.0 Å². The third-order valence-corrected chi connectivity index (χ3v) is 7.32. The van der Waals surface area contributed by atoms with Crippen LogP contribution in [0.5, 0.6) is 6.01 Å². The van der Waals surface area contributed by atoms with Crippen LogP contribution in [0.4, 0.5) is 20.6 Å². The summed E-state index contributed by atoms with van der Waals surface area (Å²) in [7, 11) is 1.71. The number of hydrogen-bond acceptors (Lipinski definition) is 8. The van der Waals surface area contributed by atoms with E-state index < -0.39 is 11.7 Å². The van der Waals surface area contributed by atoms with E-state index in [4.69, 9.17) is 4.74 Å². The van der Waals surface area contributed by atoms with Crippen LogP contribution in [-0.4, -0.2) is 88.0 Å². The van der Waals surface area contributed by atoms with Crippen molar-refractivity contribution in [1.29, 1.82) is 0 Å². The van der Waals surface area contributed by atoms with Crippen molar-refractivity contribution >= 4 is 45.1 Å². The van der Waals surface area contributed by atoms with E-state index in [1.165, 1.54) is 10.7 Å². The molecule has 0 spiro atoms. The Morgan fingerprint density at radius 2 is 2.00 bits per heavy atom. The summed E-state index contributed by atoms with van der Waals surface area (Å²) in [5.74, 6) is -0.963. The lowest BCUT2D eigenvalue weighted by Gasteiger charge is -2.38. The number of piperazine rings is 1. The summed E-state index contributed by atoms with van der Waals surface area (Å²) in [6.07, 6.45) is 3.36. The average Bonchev–Trinajstić information content (AvgIpc) is 3.51. The molecular formula is C28H32FN9O3. The summed E-state index contributed by atoms with van der Waals surface area (Å²) in [4.78, 5) is 38.4. The highest BCUT2D eigenvalue weighted by molar-refractivity contribution is 6.14. The first-order valence-corrected chi connectivity index (χ1v) is 13.7. The quantitative estimate of drug-likeness (QED) is 0.314. The van der Waals surface area contributed by atoms with Crippen molar-refractivity contribution in [2.45, 2.75) is 25.9 Å². The minimum atomic E-state index is -0.523. The monoisotopic (exact) mass is 561 g/mol. The number of aromatic nitrogens is 4. The topological polar surface area (TPSA) is 130 Å². The fraction of sp³-hybridized carbons (Fsp3) is 0.393. The first-order chi connectivity index (χ1) is 19.7. The van der Waals surface area contributed by atoms with Crippen molar-refractivity contribution in [3.63, 3.8) is 0 Å². The number of anilines is 2. The van der Waals surface area contributed by atoms with E-state index in [1.807, 2.05) is 6.07 Å². The molecule has 214 valence electrons. The first kappa shape index (κ1) is 26.7. The number of carbonyl (C=O) groups excluding carboxylic acids is 2. The molecule has 4 aromatic rings. The largest absolute Gasteiger partial charge is 0.462 e. The third-order valence-electron chi connectivity index (χ3n) is 7.32. The maximum atomic E-state index is 14.7. The molecule has 41 heavy (non-hydrogen) atoms. The summed E-state index contributed by atoms with van der Waals surface area (Å²) in [6, 6.07) is 7.11. The summed E-state index contributed by atoms with van der Waals surface area (Å²) in [5, 5.41) is 14.5. The van der Waals surface area contributed by atoms with Gasteiger partial charge in [0.05, 0.1) is 17.6 Å². The number of ether oxygens (including phenoxy) is 1. The predicted octanol–water partition coefficient (Wildman–Crippen LogP) is 2.50. The van der Waals surface area contributed by atoms with Gasteiger partial charge in [0, 0.05) is 79.9 Å². The smallest absolute Gasteiger partial charge is 0.317 e. The molecule has 12 nitrogen and oxygen atoms in total. The van der Waals surface area contributed by atoms with E-state index in [-0.39, 0.29) is 36.2 Å². The zero-order valence-corrected chi connectivity index (χ0v) is 23.1. The van der Waals surface area contributed by atoms with E-state index in [1.54, 1.807) is 36.5 Å². The second-order valence-corrected chi connectivity index (χ2v) is 10.6. The Balaban J connectivity index is 1.32. The molecule has 2 aliphatic rings. The molecule has 13 heteroatoms. The lowest BCUT2D eigenvalue weighted by molar-refractivity contribution is 0.102. The van der Waals surface area contributed by atoms with Crippen LogP contribution in [0.2, 0.25) is 0 Å². The SMILES string of the molecule is C[C@H]1CN(c2ccc(C(=O)Nc3cc(F)c4nn(C)cc4c3)c3nc(OCCN4CCNC4=O)ncc23)C[C@H](C)N1. The van der Waals surface area contributed by atoms with Crippen molar-refractivity contribution < 1.29 is 18.7 Å². The minimum Gasteiger partial charge on any atom is -0.462 e. The molecule has 2 aromatic carbocycles. The number of halogens is 1. The van der Waals surface area contributed by atoms with E-state index in [0.717, 1.165) is 18.8 Å². The molecule has 0 saturated carbocycles. The van der Waals surface area contributed by atoms with E-state index in [2.05, 4.69) is 49.8 Å². The van der Waals surface area contributed by atoms with Gasteiger partial charge in [-0.3, -0.25) is 9.48 Å². The van der Waals surface area contributed by atoms with Gasteiger partial charge in [-0.25, -0.2) is 14.2 Å². The second kappa shape index (κ2) is 10.8. The molecule has 0 aliphatic carbocycles. The molecule has 3 amide bonds. The minimum absolute atomic E-state index is 0.105. The summed E-state index contributed by atoms with van der Waals surface area (Å²) >= 11 is 0. The third kappa shape index (κ3) is 5.44. The molecular weight excluding hydrogens is 529 g/mol. The normalized spacial score (nSPS) is 19.2. The number of benzene rings is 2. The lowest BCUT2D eigenvalue weighted by Crippen LogP contribution is -2.54. The Morgan fingerprint density at radius 3 is 2.76 bits per heavy atom. The van der Waals surface area contributed by atoms with Gasteiger partial charge in [0.2, 0.25) is 0 Å². The van der Waals surface area contributed by atoms with Gasteiger partial charge in [-0.15, -0.1) is 0 Å². The zero-order chi connectivity index (χ0) is 28.7. The molecule has 2 aromatic heterocycles. The maximum absolute atomic E-state index is 14.7. The number of fused-ring (bicyclic) bond motifs is 2. The Morgan fingerprint density at radius 1 is 1.20 bits per heavy atom. The average molecular weight is 562 g/mol. The number of rotatable bonds is 7. The lowest BCUT2D eigenvalue weighted by atomic mass is 10.0. The van der Waals surface area contributed by atoms with Gasteiger partial charge < -0.3 is 30.5 Å². The maximum Gasteiger partial charge on any atom is 0.317 e. The second-order valence-electron chi connectivity index (χ2n) is 10.6. The van der Waals surface area contributed by atoms with E-state index in [0.29, 0.717) is 47.2 Å². The molecule has 0 unspecified atom stereocenters. The Kier molecular flexibility index (Phi) is 7.03. The molecule has 2 fully saturated rings. The highest BCUT2D eigenvalue weighted by Crippen LogP contribution is 2.31. The number of amides is 3. The molecule has 6 rings (SSSR count). The van der Waals surface area contributed by atoms with Crippen molar-refractivity contribution in [1.82, 2.24) is 35.3 Å².